The van der Waals surface area contributed by atoms with E-state index in [0.29, 0.717) is 5.95 Å². The molecule has 0 atom stereocenters. The summed E-state index contributed by atoms with van der Waals surface area (Å²) in [6, 6.07) is 10.8. The molecule has 1 N–H and O–H groups in total. The highest BCUT2D eigenvalue weighted by Gasteiger charge is 2.05. The summed E-state index contributed by atoms with van der Waals surface area (Å²) >= 11 is 0. The van der Waals surface area contributed by atoms with Gasteiger partial charge in [-0.2, -0.15) is 5.10 Å². The molecule has 0 aliphatic rings. The number of nitrogens with zero attached hydrogens (tertiary/aromatic N) is 3. The maximum atomic E-state index is 4.65. The van der Waals surface area contributed by atoms with Crippen molar-refractivity contribution in [2.75, 3.05) is 5.43 Å². The fourth-order valence-electron chi connectivity index (χ4n) is 3.01. The Morgan fingerprint density at radius 2 is 1.59 bits per heavy atom. The van der Waals surface area contributed by atoms with Crippen molar-refractivity contribution < 1.29 is 0 Å². The molecule has 0 aliphatic carbocycles. The number of hydrogen-bond acceptors (Lipinski definition) is 4. The van der Waals surface area contributed by atoms with Crippen molar-refractivity contribution in [2.45, 2.75) is 79.1 Å². The second-order valence-electron chi connectivity index (χ2n) is 7.14. The lowest BCUT2D eigenvalue weighted by atomic mass is 10.0. The summed E-state index contributed by atoms with van der Waals surface area (Å²) in [5, 5.41) is 4.55. The maximum absolute atomic E-state index is 4.65. The van der Waals surface area contributed by atoms with Crippen LogP contribution in [-0.2, 0) is 19.3 Å². The third kappa shape index (κ3) is 7.12. The first-order valence-electron chi connectivity index (χ1n) is 10.4. The zero-order valence-corrected chi connectivity index (χ0v) is 17.4. The number of anilines is 1. The van der Waals surface area contributed by atoms with Gasteiger partial charge in [-0.3, -0.25) is 0 Å². The van der Waals surface area contributed by atoms with E-state index in [1.807, 2.05) is 6.92 Å². The van der Waals surface area contributed by atoms with Crippen LogP contribution in [0.3, 0.4) is 0 Å². The van der Waals surface area contributed by atoms with Crippen LogP contribution in [0.25, 0.3) is 0 Å². The van der Waals surface area contributed by atoms with Gasteiger partial charge in [-0.1, -0.05) is 58.2 Å². The molecule has 0 unspecified atom stereocenters. The molecular weight excluding hydrogens is 332 g/mol. The SMILES string of the molecule is CCCCc1cccc(C(C)=NNc2nc(CCC)cc(CCCC)n2)c1. The summed E-state index contributed by atoms with van der Waals surface area (Å²) < 4.78 is 0. The first-order chi connectivity index (χ1) is 13.2. The number of unbranched alkanes of at least 4 members (excludes halogenated alkanes) is 2. The van der Waals surface area contributed by atoms with E-state index < -0.39 is 0 Å². The molecule has 1 heterocycles. The Labute approximate surface area is 164 Å². The monoisotopic (exact) mass is 366 g/mol. The van der Waals surface area contributed by atoms with Crippen LogP contribution < -0.4 is 5.43 Å². The van der Waals surface area contributed by atoms with Crippen LogP contribution in [-0.4, -0.2) is 15.7 Å². The predicted octanol–water partition coefficient (Wildman–Crippen LogP) is 5.95. The van der Waals surface area contributed by atoms with Gasteiger partial charge in [0.05, 0.1) is 5.71 Å². The quantitative estimate of drug-likeness (QED) is 0.395. The van der Waals surface area contributed by atoms with Crippen LogP contribution in [0.15, 0.2) is 35.4 Å². The number of nitrogens with one attached hydrogen (secondary N) is 1. The van der Waals surface area contributed by atoms with Gasteiger partial charge in [0, 0.05) is 11.4 Å². The first-order valence-corrected chi connectivity index (χ1v) is 10.4. The molecule has 1 aromatic carbocycles. The lowest BCUT2D eigenvalue weighted by Gasteiger charge is -2.08. The van der Waals surface area contributed by atoms with E-state index in [4.69, 9.17) is 0 Å². The summed E-state index contributed by atoms with van der Waals surface area (Å²) in [6.07, 6.45) is 8.91. The molecule has 0 bridgehead atoms. The average Bonchev–Trinajstić information content (AvgIpc) is 2.69. The Morgan fingerprint density at radius 3 is 2.30 bits per heavy atom. The van der Waals surface area contributed by atoms with Crippen LogP contribution in [0.5, 0.6) is 0 Å². The van der Waals surface area contributed by atoms with Crippen molar-refractivity contribution in [3.8, 4) is 0 Å². The minimum absolute atomic E-state index is 0.605. The fourth-order valence-corrected chi connectivity index (χ4v) is 3.01. The number of benzene rings is 1. The summed E-state index contributed by atoms with van der Waals surface area (Å²) in [6.45, 7) is 8.63. The van der Waals surface area contributed by atoms with Gasteiger partial charge < -0.3 is 0 Å². The molecule has 2 rings (SSSR count). The maximum Gasteiger partial charge on any atom is 0.243 e. The Kier molecular flexibility index (Phi) is 8.96. The minimum Gasteiger partial charge on any atom is -0.245 e. The summed E-state index contributed by atoms with van der Waals surface area (Å²) in [7, 11) is 0. The van der Waals surface area contributed by atoms with Crippen molar-refractivity contribution in [1.82, 2.24) is 9.97 Å². The molecule has 1 aromatic heterocycles. The highest BCUT2D eigenvalue weighted by Crippen LogP contribution is 2.12. The second kappa shape index (κ2) is 11.5. The topological polar surface area (TPSA) is 50.2 Å². The Hall–Kier alpha value is -2.23. The van der Waals surface area contributed by atoms with Gasteiger partial charge in [0.25, 0.3) is 0 Å². The highest BCUT2D eigenvalue weighted by molar-refractivity contribution is 5.99. The second-order valence-corrected chi connectivity index (χ2v) is 7.14. The van der Waals surface area contributed by atoms with Crippen LogP contribution in [0.1, 0.15) is 82.3 Å². The Balaban J connectivity index is 2.14. The van der Waals surface area contributed by atoms with E-state index in [9.17, 15) is 0 Å². The molecule has 4 nitrogen and oxygen atoms in total. The first kappa shape index (κ1) is 21.1. The van der Waals surface area contributed by atoms with Crippen LogP contribution >= 0.6 is 0 Å². The molecule has 0 saturated carbocycles. The van der Waals surface area contributed by atoms with Crippen molar-refractivity contribution >= 4 is 11.7 Å². The smallest absolute Gasteiger partial charge is 0.243 e. The van der Waals surface area contributed by atoms with Crippen molar-refractivity contribution in [3.63, 3.8) is 0 Å². The Bertz CT molecular complexity index is 737. The molecule has 0 radical (unpaired) electrons. The van der Waals surface area contributed by atoms with E-state index in [1.54, 1.807) is 0 Å². The van der Waals surface area contributed by atoms with Gasteiger partial charge in [0.2, 0.25) is 5.95 Å². The Morgan fingerprint density at radius 1 is 0.889 bits per heavy atom. The lowest BCUT2D eigenvalue weighted by Crippen LogP contribution is -2.06. The zero-order valence-electron chi connectivity index (χ0n) is 17.4. The van der Waals surface area contributed by atoms with Gasteiger partial charge in [-0.05, 0) is 62.3 Å². The van der Waals surface area contributed by atoms with Gasteiger partial charge in [-0.25, -0.2) is 15.4 Å². The molecule has 0 saturated heterocycles. The normalized spacial score (nSPS) is 11.6. The van der Waals surface area contributed by atoms with Crippen molar-refractivity contribution in [3.05, 3.63) is 52.8 Å². The van der Waals surface area contributed by atoms with E-state index in [0.717, 1.165) is 54.8 Å². The number of aromatic nitrogens is 2. The zero-order chi connectivity index (χ0) is 19.5. The van der Waals surface area contributed by atoms with E-state index in [2.05, 4.69) is 71.6 Å². The van der Waals surface area contributed by atoms with E-state index in [-0.39, 0.29) is 0 Å². The number of hydrogen-bond donors (Lipinski definition) is 1. The molecule has 0 fully saturated rings. The number of rotatable bonds is 11. The third-order valence-corrected chi connectivity index (χ3v) is 4.61. The molecule has 4 heteroatoms. The van der Waals surface area contributed by atoms with Crippen LogP contribution in [0, 0.1) is 0 Å². The number of hydrazone groups is 1. The summed E-state index contributed by atoms with van der Waals surface area (Å²) in [5.41, 5.74) is 8.75. The molecule has 27 heavy (non-hydrogen) atoms. The van der Waals surface area contributed by atoms with Gasteiger partial charge >= 0.3 is 0 Å². The highest BCUT2D eigenvalue weighted by atomic mass is 15.4. The standard InChI is InChI=1S/C23H34N4/c1-5-8-12-19-13-10-14-20(16-19)18(4)26-27-23-24-21(11-7-3)17-22(25-23)15-9-6-2/h10,13-14,16-17H,5-9,11-12,15H2,1-4H3,(H,24,25,27). The third-order valence-electron chi connectivity index (χ3n) is 4.61. The molecule has 2 aromatic rings. The average molecular weight is 367 g/mol. The summed E-state index contributed by atoms with van der Waals surface area (Å²) in [5.74, 6) is 0.605. The molecule has 0 spiro atoms. The van der Waals surface area contributed by atoms with E-state index in [1.165, 1.54) is 24.8 Å². The fraction of sp³-hybridized carbons (Fsp3) is 0.522. The van der Waals surface area contributed by atoms with E-state index >= 15 is 0 Å². The van der Waals surface area contributed by atoms with Gasteiger partial charge in [-0.15, -0.1) is 0 Å². The van der Waals surface area contributed by atoms with Gasteiger partial charge in [0.15, 0.2) is 0 Å². The predicted molar refractivity (Wildman–Crippen MR) is 116 cm³/mol. The molecule has 146 valence electrons. The molecule has 0 amide bonds. The van der Waals surface area contributed by atoms with Crippen LogP contribution in [0.4, 0.5) is 5.95 Å². The largest absolute Gasteiger partial charge is 0.245 e. The number of aryl methyl sites for hydroxylation is 3. The summed E-state index contributed by atoms with van der Waals surface area (Å²) in [4.78, 5) is 9.27. The van der Waals surface area contributed by atoms with Gasteiger partial charge in [0.1, 0.15) is 0 Å². The lowest BCUT2D eigenvalue weighted by molar-refractivity contribution is 0.765. The molecule has 0 aliphatic heterocycles. The minimum atomic E-state index is 0.605. The molecular formula is C23H34N4. The van der Waals surface area contributed by atoms with Crippen molar-refractivity contribution in [2.24, 2.45) is 5.10 Å². The van der Waals surface area contributed by atoms with Crippen molar-refractivity contribution in [1.29, 1.82) is 0 Å². The van der Waals surface area contributed by atoms with Crippen LogP contribution in [0.2, 0.25) is 0 Å².